The van der Waals surface area contributed by atoms with Crippen LogP contribution in [0.5, 0.6) is 5.75 Å². The second-order valence-electron chi connectivity index (χ2n) is 4.50. The summed E-state index contributed by atoms with van der Waals surface area (Å²) in [5, 5.41) is 7.56. The lowest BCUT2D eigenvalue weighted by molar-refractivity contribution is 0.192. The maximum atomic E-state index is 12.1. The van der Waals surface area contributed by atoms with Crippen LogP contribution in [0.2, 0.25) is 0 Å². The van der Waals surface area contributed by atoms with Gasteiger partial charge in [0, 0.05) is 29.1 Å². The van der Waals surface area contributed by atoms with E-state index in [-0.39, 0.29) is 5.56 Å². The topological polar surface area (TPSA) is 57.0 Å². The number of rotatable bonds is 4. The summed E-state index contributed by atoms with van der Waals surface area (Å²) in [4.78, 5) is 12.1. The normalized spacial score (nSPS) is 10.4. The molecule has 0 unspecified atom stereocenters. The first-order valence-corrected chi connectivity index (χ1v) is 6.57. The number of benzene rings is 1. The summed E-state index contributed by atoms with van der Waals surface area (Å²) in [6.45, 7) is -0.885. The molecule has 2 heterocycles. The van der Waals surface area contributed by atoms with E-state index in [0.29, 0.717) is 11.4 Å². The average molecular weight is 297 g/mol. The van der Waals surface area contributed by atoms with Crippen molar-refractivity contribution in [3.05, 3.63) is 71.4 Å². The first-order valence-electron chi connectivity index (χ1n) is 6.57. The highest BCUT2D eigenvalue weighted by atomic mass is 19.1. The number of halogens is 1. The molecule has 22 heavy (non-hydrogen) atoms. The highest BCUT2D eigenvalue weighted by molar-refractivity contribution is 5.61. The molecule has 0 saturated carbocycles. The van der Waals surface area contributed by atoms with Gasteiger partial charge in [-0.05, 0) is 36.4 Å². The smallest absolute Gasteiger partial charge is 0.255 e. The Hall–Kier alpha value is -3.02. The van der Waals surface area contributed by atoms with Crippen LogP contribution in [0, 0.1) is 0 Å². The quantitative estimate of drug-likeness (QED) is 0.742. The molecule has 0 amide bonds. The van der Waals surface area contributed by atoms with Gasteiger partial charge in [-0.3, -0.25) is 9.36 Å². The zero-order chi connectivity index (χ0) is 15.4. The van der Waals surface area contributed by atoms with Crippen LogP contribution in [0.25, 0.3) is 16.8 Å². The van der Waals surface area contributed by atoms with E-state index < -0.39 is 6.86 Å². The molecule has 5 nitrogen and oxygen atoms in total. The largest absolute Gasteiger partial charge is 0.463 e. The van der Waals surface area contributed by atoms with Gasteiger partial charge in [0.05, 0.1) is 12.4 Å². The molecular weight excluding hydrogens is 285 g/mol. The molecule has 110 valence electrons. The van der Waals surface area contributed by atoms with E-state index in [4.69, 9.17) is 4.74 Å². The Bertz CT molecular complexity index is 817. The SMILES string of the molecule is O=c1ccc(-c2ccnnc2)cn1-c1ccc(OCF)cc1. The molecule has 3 aromatic rings. The molecule has 6 heteroatoms. The molecule has 0 fully saturated rings. The molecule has 1 aromatic carbocycles. The summed E-state index contributed by atoms with van der Waals surface area (Å²) in [7, 11) is 0. The van der Waals surface area contributed by atoms with Gasteiger partial charge < -0.3 is 4.74 Å². The van der Waals surface area contributed by atoms with Crippen LogP contribution in [0.4, 0.5) is 4.39 Å². The van der Waals surface area contributed by atoms with E-state index in [1.807, 2.05) is 6.07 Å². The van der Waals surface area contributed by atoms with Crippen molar-refractivity contribution in [2.75, 3.05) is 6.86 Å². The van der Waals surface area contributed by atoms with Crippen LogP contribution in [0.3, 0.4) is 0 Å². The minimum atomic E-state index is -0.885. The van der Waals surface area contributed by atoms with Gasteiger partial charge in [0.25, 0.3) is 5.56 Å². The Labute approximate surface area is 125 Å². The molecule has 0 radical (unpaired) electrons. The third-order valence-electron chi connectivity index (χ3n) is 3.16. The van der Waals surface area contributed by atoms with Gasteiger partial charge in [-0.1, -0.05) is 0 Å². The second-order valence-corrected chi connectivity index (χ2v) is 4.50. The monoisotopic (exact) mass is 297 g/mol. The molecular formula is C16H12FN3O2. The van der Waals surface area contributed by atoms with Crippen LogP contribution in [0.1, 0.15) is 0 Å². The highest BCUT2D eigenvalue weighted by Crippen LogP contribution is 2.19. The van der Waals surface area contributed by atoms with Crippen LogP contribution in [-0.2, 0) is 0 Å². The Balaban J connectivity index is 2.01. The summed E-state index contributed by atoms with van der Waals surface area (Å²) in [5.74, 6) is 0.411. The van der Waals surface area contributed by atoms with Gasteiger partial charge in [0.1, 0.15) is 5.75 Å². The van der Waals surface area contributed by atoms with Crippen molar-refractivity contribution in [2.45, 2.75) is 0 Å². The lowest BCUT2D eigenvalue weighted by Crippen LogP contribution is -2.16. The summed E-state index contributed by atoms with van der Waals surface area (Å²) >= 11 is 0. The molecule has 0 spiro atoms. The van der Waals surface area contributed by atoms with E-state index in [2.05, 4.69) is 10.2 Å². The Morgan fingerprint density at radius 2 is 1.82 bits per heavy atom. The predicted molar refractivity (Wildman–Crippen MR) is 79.7 cm³/mol. The molecule has 0 atom stereocenters. The molecule has 0 bridgehead atoms. The van der Waals surface area contributed by atoms with Crippen molar-refractivity contribution in [3.63, 3.8) is 0 Å². The van der Waals surface area contributed by atoms with Crippen molar-refractivity contribution >= 4 is 0 Å². The predicted octanol–water partition coefficient (Wildman–Crippen LogP) is 2.60. The standard InChI is InChI=1S/C16H12FN3O2/c17-11-22-15-4-2-14(3-5-15)20-10-13(1-6-16(20)21)12-7-8-18-19-9-12/h1-10H,11H2. The average Bonchev–Trinajstić information content (AvgIpc) is 2.57. The van der Waals surface area contributed by atoms with E-state index >= 15 is 0 Å². The van der Waals surface area contributed by atoms with Crippen LogP contribution in [-0.4, -0.2) is 21.6 Å². The fourth-order valence-electron chi connectivity index (χ4n) is 2.09. The van der Waals surface area contributed by atoms with Gasteiger partial charge in [0.15, 0.2) is 0 Å². The Morgan fingerprint density at radius 3 is 2.50 bits per heavy atom. The maximum absolute atomic E-state index is 12.1. The van der Waals surface area contributed by atoms with Crippen molar-refractivity contribution in [3.8, 4) is 22.6 Å². The van der Waals surface area contributed by atoms with Crippen molar-refractivity contribution in [2.24, 2.45) is 0 Å². The summed E-state index contributed by atoms with van der Waals surface area (Å²) in [5.41, 5.74) is 2.21. The molecule has 0 aliphatic heterocycles. The first-order chi connectivity index (χ1) is 10.8. The Kier molecular flexibility index (Phi) is 3.91. The number of aromatic nitrogens is 3. The Morgan fingerprint density at radius 1 is 1.00 bits per heavy atom. The summed E-state index contributed by atoms with van der Waals surface area (Å²) < 4.78 is 18.4. The third kappa shape index (κ3) is 2.85. The van der Waals surface area contributed by atoms with Crippen molar-refractivity contribution in [1.82, 2.24) is 14.8 Å². The molecule has 3 rings (SSSR count). The van der Waals surface area contributed by atoms with Gasteiger partial charge in [-0.2, -0.15) is 10.2 Å². The lowest BCUT2D eigenvalue weighted by Gasteiger charge is -2.09. The third-order valence-corrected chi connectivity index (χ3v) is 3.16. The minimum Gasteiger partial charge on any atom is -0.463 e. The second kappa shape index (κ2) is 6.17. The number of ether oxygens (including phenoxy) is 1. The summed E-state index contributed by atoms with van der Waals surface area (Å²) in [6, 6.07) is 11.7. The van der Waals surface area contributed by atoms with Gasteiger partial charge in [-0.15, -0.1) is 0 Å². The van der Waals surface area contributed by atoms with E-state index in [0.717, 1.165) is 11.1 Å². The van der Waals surface area contributed by atoms with Gasteiger partial charge in [-0.25, -0.2) is 4.39 Å². The molecule has 0 N–H and O–H groups in total. The molecule has 0 aliphatic carbocycles. The van der Waals surface area contributed by atoms with Crippen molar-refractivity contribution < 1.29 is 9.13 Å². The molecule has 2 aromatic heterocycles. The maximum Gasteiger partial charge on any atom is 0.255 e. The summed E-state index contributed by atoms with van der Waals surface area (Å²) in [6.07, 6.45) is 4.95. The zero-order valence-electron chi connectivity index (χ0n) is 11.5. The van der Waals surface area contributed by atoms with Gasteiger partial charge in [0.2, 0.25) is 6.86 Å². The highest BCUT2D eigenvalue weighted by Gasteiger charge is 2.04. The number of nitrogens with zero attached hydrogens (tertiary/aromatic N) is 3. The first kappa shape index (κ1) is 13.9. The lowest BCUT2D eigenvalue weighted by atomic mass is 10.1. The van der Waals surface area contributed by atoms with Gasteiger partial charge >= 0.3 is 0 Å². The van der Waals surface area contributed by atoms with E-state index in [1.54, 1.807) is 48.9 Å². The zero-order valence-corrected chi connectivity index (χ0v) is 11.5. The minimum absolute atomic E-state index is 0.162. The van der Waals surface area contributed by atoms with Crippen LogP contribution < -0.4 is 10.3 Å². The number of hydrogen-bond acceptors (Lipinski definition) is 4. The van der Waals surface area contributed by atoms with Crippen LogP contribution in [0.15, 0.2) is 65.8 Å². The van der Waals surface area contributed by atoms with E-state index in [9.17, 15) is 9.18 Å². The van der Waals surface area contributed by atoms with E-state index in [1.165, 1.54) is 10.6 Å². The fourth-order valence-corrected chi connectivity index (χ4v) is 2.09. The number of alkyl halides is 1. The van der Waals surface area contributed by atoms with Crippen LogP contribution >= 0.6 is 0 Å². The van der Waals surface area contributed by atoms with Crippen molar-refractivity contribution in [1.29, 1.82) is 0 Å². The number of pyridine rings is 1. The number of hydrogen-bond donors (Lipinski definition) is 0. The molecule has 0 aliphatic rings. The molecule has 0 saturated heterocycles. The fraction of sp³-hybridized carbons (Fsp3) is 0.0625.